The minimum atomic E-state index is -0.162. The van der Waals surface area contributed by atoms with Gasteiger partial charge in [0.05, 0.1) is 5.69 Å². The molecular formula is C18H23N5O2. The zero-order chi connectivity index (χ0) is 18.1. The molecular weight excluding hydrogens is 318 g/mol. The minimum absolute atomic E-state index is 0.0872. The first kappa shape index (κ1) is 17.0. The summed E-state index contributed by atoms with van der Waals surface area (Å²) in [7, 11) is 1.71. The number of aromatic nitrogens is 2. The maximum Gasteiger partial charge on any atom is 0.322 e. The number of hydrogen-bond acceptors (Lipinski definition) is 4. The molecule has 2 amide bonds. The maximum atomic E-state index is 12.3. The number of nitrogens with zero attached hydrogens (tertiary/aromatic N) is 3. The van der Waals surface area contributed by atoms with E-state index in [4.69, 9.17) is 0 Å². The van der Waals surface area contributed by atoms with Gasteiger partial charge < -0.3 is 15.2 Å². The van der Waals surface area contributed by atoms with Crippen LogP contribution in [0.5, 0.6) is 0 Å². The smallest absolute Gasteiger partial charge is 0.322 e. The largest absolute Gasteiger partial charge is 0.363 e. The number of anilines is 2. The molecule has 2 heterocycles. The minimum Gasteiger partial charge on any atom is -0.363 e. The van der Waals surface area contributed by atoms with Crippen LogP contribution in [0.25, 0.3) is 11.3 Å². The second-order valence-corrected chi connectivity index (χ2v) is 6.52. The Hall–Kier alpha value is -2.83. The first-order valence-corrected chi connectivity index (χ1v) is 8.38. The van der Waals surface area contributed by atoms with Crippen molar-refractivity contribution in [2.75, 3.05) is 23.3 Å². The highest BCUT2D eigenvalue weighted by molar-refractivity contribution is 5.95. The molecule has 1 aromatic carbocycles. The molecule has 7 heteroatoms. The van der Waals surface area contributed by atoms with Crippen molar-refractivity contribution in [1.29, 1.82) is 0 Å². The van der Waals surface area contributed by atoms with Crippen molar-refractivity contribution in [2.24, 2.45) is 7.05 Å². The fourth-order valence-electron chi connectivity index (χ4n) is 3.00. The Kier molecular flexibility index (Phi) is 4.48. The van der Waals surface area contributed by atoms with Gasteiger partial charge in [-0.05, 0) is 32.4 Å². The molecule has 0 radical (unpaired) electrons. The van der Waals surface area contributed by atoms with E-state index in [1.807, 2.05) is 39.0 Å². The number of carbonyl (C=O) groups excluding carboxylic acids is 1. The molecule has 132 valence electrons. The molecule has 0 atom stereocenters. The average molecular weight is 341 g/mol. The Labute approximate surface area is 146 Å². The molecule has 0 unspecified atom stereocenters. The van der Waals surface area contributed by atoms with E-state index in [1.165, 1.54) is 4.57 Å². The van der Waals surface area contributed by atoms with Crippen molar-refractivity contribution in [1.82, 2.24) is 14.9 Å². The Bertz CT molecular complexity index is 872. The predicted octanol–water partition coefficient (Wildman–Crippen LogP) is 2.11. The van der Waals surface area contributed by atoms with E-state index in [2.05, 4.69) is 15.6 Å². The molecule has 1 aliphatic heterocycles. The van der Waals surface area contributed by atoms with Crippen LogP contribution in [0.15, 0.2) is 29.2 Å². The maximum absolute atomic E-state index is 12.3. The highest BCUT2D eigenvalue weighted by atomic mass is 16.2. The van der Waals surface area contributed by atoms with Crippen LogP contribution < -0.4 is 21.1 Å². The lowest BCUT2D eigenvalue weighted by Crippen LogP contribution is -2.28. The summed E-state index contributed by atoms with van der Waals surface area (Å²) in [4.78, 5) is 30.5. The first-order valence-electron chi connectivity index (χ1n) is 8.38. The normalized spacial score (nSPS) is 14.1. The van der Waals surface area contributed by atoms with E-state index in [0.717, 1.165) is 16.8 Å². The van der Waals surface area contributed by atoms with Crippen LogP contribution >= 0.6 is 0 Å². The van der Waals surface area contributed by atoms with Gasteiger partial charge in [0, 0.05) is 43.6 Å². The standard InChI is InChI=1S/C18H23N5O2/c1-11(2)20-16-17(24)22(4)10-14(21-16)13-6-5-7-15(12(13)3)23-9-8-19-18(23)25/h5-7,10-11H,8-9H2,1-4H3,(H,19,25)(H,20,21). The second-order valence-electron chi connectivity index (χ2n) is 6.52. The summed E-state index contributed by atoms with van der Waals surface area (Å²) < 4.78 is 1.53. The molecule has 1 saturated heterocycles. The monoisotopic (exact) mass is 341 g/mol. The number of nitrogens with one attached hydrogen (secondary N) is 2. The van der Waals surface area contributed by atoms with E-state index in [-0.39, 0.29) is 17.6 Å². The van der Waals surface area contributed by atoms with Crippen molar-refractivity contribution in [3.05, 3.63) is 40.3 Å². The topological polar surface area (TPSA) is 79.3 Å². The van der Waals surface area contributed by atoms with Crippen LogP contribution in [-0.4, -0.2) is 34.7 Å². The summed E-state index contributed by atoms with van der Waals surface area (Å²) >= 11 is 0. The highest BCUT2D eigenvalue weighted by Crippen LogP contribution is 2.30. The third kappa shape index (κ3) is 3.22. The van der Waals surface area contributed by atoms with Crippen LogP contribution in [-0.2, 0) is 7.05 Å². The summed E-state index contributed by atoms with van der Waals surface area (Å²) in [5.41, 5.74) is 3.26. The number of urea groups is 1. The zero-order valence-electron chi connectivity index (χ0n) is 15.0. The first-order chi connectivity index (χ1) is 11.9. The lowest BCUT2D eigenvalue weighted by molar-refractivity contribution is 0.252. The van der Waals surface area contributed by atoms with Crippen LogP contribution in [0.4, 0.5) is 16.3 Å². The summed E-state index contributed by atoms with van der Waals surface area (Å²) in [5, 5.41) is 5.92. The molecule has 7 nitrogen and oxygen atoms in total. The predicted molar refractivity (Wildman–Crippen MR) is 99.2 cm³/mol. The van der Waals surface area contributed by atoms with Crippen LogP contribution in [0.2, 0.25) is 0 Å². The molecule has 0 saturated carbocycles. The van der Waals surface area contributed by atoms with E-state index >= 15 is 0 Å². The van der Waals surface area contributed by atoms with Gasteiger partial charge in [-0.2, -0.15) is 0 Å². The summed E-state index contributed by atoms with van der Waals surface area (Å²) in [6.45, 7) is 7.18. The van der Waals surface area contributed by atoms with Gasteiger partial charge in [-0.3, -0.25) is 9.69 Å². The SMILES string of the molecule is Cc1c(-c2cn(C)c(=O)c(NC(C)C)n2)cccc1N1CCNC1=O. The lowest BCUT2D eigenvalue weighted by atomic mass is 10.0. The molecule has 0 bridgehead atoms. The number of aryl methyl sites for hydroxylation is 1. The number of carbonyl (C=O) groups is 1. The molecule has 1 fully saturated rings. The van der Waals surface area contributed by atoms with Gasteiger partial charge in [0.1, 0.15) is 0 Å². The van der Waals surface area contributed by atoms with Crippen molar-refractivity contribution in [3.63, 3.8) is 0 Å². The van der Waals surface area contributed by atoms with Gasteiger partial charge in [0.15, 0.2) is 5.82 Å². The molecule has 2 aromatic rings. The Balaban J connectivity index is 2.09. The van der Waals surface area contributed by atoms with Crippen LogP contribution in [0.1, 0.15) is 19.4 Å². The molecule has 3 rings (SSSR count). The lowest BCUT2D eigenvalue weighted by Gasteiger charge is -2.19. The molecule has 1 aromatic heterocycles. The summed E-state index contributed by atoms with van der Waals surface area (Å²) in [5.74, 6) is 0.332. The highest BCUT2D eigenvalue weighted by Gasteiger charge is 2.24. The second kappa shape index (κ2) is 6.58. The number of amides is 2. The van der Waals surface area contributed by atoms with Crippen LogP contribution in [0, 0.1) is 6.92 Å². The molecule has 2 N–H and O–H groups in total. The summed E-state index contributed by atoms with van der Waals surface area (Å²) in [6, 6.07) is 5.82. The van der Waals surface area contributed by atoms with Crippen molar-refractivity contribution < 1.29 is 4.79 Å². The quantitative estimate of drug-likeness (QED) is 0.893. The van der Waals surface area contributed by atoms with Crippen molar-refractivity contribution in [2.45, 2.75) is 26.8 Å². The van der Waals surface area contributed by atoms with E-state index in [9.17, 15) is 9.59 Å². The Morgan fingerprint density at radius 3 is 2.68 bits per heavy atom. The van der Waals surface area contributed by atoms with Gasteiger partial charge in [-0.1, -0.05) is 12.1 Å². The Morgan fingerprint density at radius 2 is 2.04 bits per heavy atom. The van der Waals surface area contributed by atoms with Gasteiger partial charge in [-0.15, -0.1) is 0 Å². The molecule has 25 heavy (non-hydrogen) atoms. The van der Waals surface area contributed by atoms with E-state index in [0.29, 0.717) is 24.6 Å². The van der Waals surface area contributed by atoms with Gasteiger partial charge >= 0.3 is 6.03 Å². The average Bonchev–Trinajstić information content (AvgIpc) is 2.97. The number of rotatable bonds is 4. The van der Waals surface area contributed by atoms with Crippen molar-refractivity contribution in [3.8, 4) is 11.3 Å². The van der Waals surface area contributed by atoms with Gasteiger partial charge in [-0.25, -0.2) is 9.78 Å². The molecule has 0 spiro atoms. The number of benzene rings is 1. The third-order valence-corrected chi connectivity index (χ3v) is 4.23. The van der Waals surface area contributed by atoms with Crippen LogP contribution in [0.3, 0.4) is 0 Å². The third-order valence-electron chi connectivity index (χ3n) is 4.23. The van der Waals surface area contributed by atoms with E-state index in [1.54, 1.807) is 18.1 Å². The Morgan fingerprint density at radius 1 is 1.28 bits per heavy atom. The molecule has 0 aliphatic carbocycles. The fraction of sp³-hybridized carbons (Fsp3) is 0.389. The fourth-order valence-corrected chi connectivity index (χ4v) is 3.00. The molecule has 1 aliphatic rings. The van der Waals surface area contributed by atoms with Gasteiger partial charge in [0.25, 0.3) is 5.56 Å². The van der Waals surface area contributed by atoms with Gasteiger partial charge in [0.2, 0.25) is 0 Å². The van der Waals surface area contributed by atoms with E-state index < -0.39 is 0 Å². The summed E-state index contributed by atoms with van der Waals surface area (Å²) in [6.07, 6.45) is 1.73. The van der Waals surface area contributed by atoms with Crippen molar-refractivity contribution >= 4 is 17.5 Å². The number of hydrogen-bond donors (Lipinski definition) is 2. The zero-order valence-corrected chi connectivity index (χ0v) is 15.0.